The third kappa shape index (κ3) is 5.60. The van der Waals surface area contributed by atoms with Gasteiger partial charge in [-0.05, 0) is 54.7 Å². The van der Waals surface area contributed by atoms with Gasteiger partial charge in [-0.2, -0.15) is 0 Å². The first kappa shape index (κ1) is 26.1. The number of benzene rings is 2. The van der Waals surface area contributed by atoms with E-state index in [4.69, 9.17) is 21.3 Å². The Kier molecular flexibility index (Phi) is 7.69. The molecular weight excluding hydrogens is 508 g/mol. The zero-order chi connectivity index (χ0) is 26.8. The second-order valence-corrected chi connectivity index (χ2v) is 11.2. The number of ether oxygens (including phenoxy) is 1. The van der Waals surface area contributed by atoms with Gasteiger partial charge in [0, 0.05) is 62.5 Å². The van der Waals surface area contributed by atoms with Crippen LogP contribution in [0.3, 0.4) is 0 Å². The third-order valence-corrected chi connectivity index (χ3v) is 8.56. The van der Waals surface area contributed by atoms with Gasteiger partial charge >= 0.3 is 0 Å². The van der Waals surface area contributed by atoms with E-state index >= 15 is 0 Å². The highest BCUT2D eigenvalue weighted by atomic mass is 35.5. The number of rotatable bonds is 6. The summed E-state index contributed by atoms with van der Waals surface area (Å²) in [5.74, 6) is 0.405. The summed E-state index contributed by atoms with van der Waals surface area (Å²) in [5.41, 5.74) is 6.44. The molecule has 1 amide bonds. The van der Waals surface area contributed by atoms with Crippen LogP contribution in [0.5, 0.6) is 0 Å². The van der Waals surface area contributed by atoms with E-state index in [1.807, 2.05) is 30.3 Å². The highest BCUT2D eigenvalue weighted by Crippen LogP contribution is 2.31. The van der Waals surface area contributed by atoms with Gasteiger partial charge in [0.05, 0.1) is 17.5 Å². The Morgan fingerprint density at radius 1 is 0.923 bits per heavy atom. The number of aromatic nitrogens is 2. The summed E-state index contributed by atoms with van der Waals surface area (Å²) in [7, 11) is 1.76. The van der Waals surface area contributed by atoms with E-state index in [2.05, 4.69) is 56.8 Å². The molecule has 1 aliphatic carbocycles. The Morgan fingerprint density at radius 2 is 1.67 bits per heavy atom. The molecule has 6 rings (SSSR count). The molecule has 1 saturated carbocycles. The molecular formula is C32H35ClN4O2. The maximum Gasteiger partial charge on any atom is 0.225 e. The van der Waals surface area contributed by atoms with Gasteiger partial charge in [0.2, 0.25) is 5.91 Å². The van der Waals surface area contributed by atoms with Gasteiger partial charge in [-0.3, -0.25) is 9.69 Å². The predicted molar refractivity (Wildman–Crippen MR) is 156 cm³/mol. The van der Waals surface area contributed by atoms with Crippen LogP contribution in [0.15, 0.2) is 72.9 Å². The molecule has 1 saturated heterocycles. The molecule has 1 aliphatic heterocycles. The van der Waals surface area contributed by atoms with E-state index < -0.39 is 0 Å². The lowest BCUT2D eigenvalue weighted by Gasteiger charge is -2.38. The molecule has 3 heterocycles. The van der Waals surface area contributed by atoms with Crippen molar-refractivity contribution in [2.45, 2.75) is 38.3 Å². The minimum absolute atomic E-state index is 0.0990. The summed E-state index contributed by atoms with van der Waals surface area (Å²) in [5, 5.41) is 0.714. The average Bonchev–Trinajstić information content (AvgIpc) is 3.35. The molecule has 0 radical (unpaired) electrons. The van der Waals surface area contributed by atoms with Crippen LogP contribution in [0.2, 0.25) is 5.02 Å². The van der Waals surface area contributed by atoms with Crippen LogP contribution < -0.4 is 0 Å². The van der Waals surface area contributed by atoms with Crippen LogP contribution in [0.25, 0.3) is 28.0 Å². The number of amides is 1. The Bertz CT molecular complexity index is 1430. The molecule has 2 aromatic heterocycles. The lowest BCUT2D eigenvalue weighted by atomic mass is 9.86. The quantitative estimate of drug-likeness (QED) is 0.292. The number of imidazole rings is 1. The highest BCUT2D eigenvalue weighted by Gasteiger charge is 2.32. The molecule has 6 nitrogen and oxygen atoms in total. The minimum Gasteiger partial charge on any atom is -0.381 e. The summed E-state index contributed by atoms with van der Waals surface area (Å²) in [6.07, 6.45) is 6.38. The van der Waals surface area contributed by atoms with Gasteiger partial charge in [0.25, 0.3) is 0 Å². The maximum atomic E-state index is 13.3. The van der Waals surface area contributed by atoms with Crippen molar-refractivity contribution in [3.05, 3.63) is 83.6 Å². The second kappa shape index (κ2) is 11.5. The lowest BCUT2D eigenvalue weighted by Crippen LogP contribution is -2.50. The normalized spacial score (nSPS) is 20.4. The molecule has 2 atom stereocenters. The molecule has 0 spiro atoms. The van der Waals surface area contributed by atoms with Crippen molar-refractivity contribution in [3.63, 3.8) is 0 Å². The Balaban J connectivity index is 1.24. The summed E-state index contributed by atoms with van der Waals surface area (Å²) in [6.45, 7) is 3.97. The molecule has 0 unspecified atom stereocenters. The minimum atomic E-state index is 0.0990. The fourth-order valence-corrected chi connectivity index (χ4v) is 6.19. The summed E-state index contributed by atoms with van der Waals surface area (Å²) >= 11 is 6.20. The number of halogens is 1. The van der Waals surface area contributed by atoms with Gasteiger partial charge in [0.15, 0.2) is 0 Å². The largest absolute Gasteiger partial charge is 0.381 e. The van der Waals surface area contributed by atoms with Gasteiger partial charge in [0.1, 0.15) is 5.65 Å². The first-order chi connectivity index (χ1) is 19.1. The zero-order valence-corrected chi connectivity index (χ0v) is 23.2. The number of methoxy groups -OCH3 is 1. The topological polar surface area (TPSA) is 50.1 Å². The van der Waals surface area contributed by atoms with Crippen LogP contribution in [0.1, 0.15) is 31.4 Å². The van der Waals surface area contributed by atoms with E-state index in [1.165, 1.54) is 5.56 Å². The number of carbonyl (C=O) groups excluding carboxylic acids is 1. The average molecular weight is 543 g/mol. The van der Waals surface area contributed by atoms with Crippen LogP contribution in [0.4, 0.5) is 0 Å². The van der Waals surface area contributed by atoms with Crippen molar-refractivity contribution in [3.8, 4) is 22.4 Å². The van der Waals surface area contributed by atoms with E-state index in [1.54, 1.807) is 7.11 Å². The van der Waals surface area contributed by atoms with E-state index in [0.717, 1.165) is 86.6 Å². The van der Waals surface area contributed by atoms with Gasteiger partial charge in [-0.15, -0.1) is 0 Å². The number of fused-ring (bicyclic) bond motifs is 1. The van der Waals surface area contributed by atoms with Gasteiger partial charge < -0.3 is 14.0 Å². The van der Waals surface area contributed by atoms with Crippen LogP contribution in [-0.4, -0.2) is 64.5 Å². The standard InChI is InChI=1S/C32H35ClN4O2/c1-39-28-9-5-8-25(20-28)32(38)36-18-16-35(17-19-36)22-29-31(24-10-13-27(33)14-11-24)34-30-15-12-26(21-37(29)30)23-6-3-2-4-7-23/h2-4,6-7,10-15,21,25,28H,5,8-9,16-20,22H2,1H3/t25-,28+/m1/s1. The number of piperazine rings is 1. The number of hydrogen-bond donors (Lipinski definition) is 0. The fourth-order valence-electron chi connectivity index (χ4n) is 6.06. The third-order valence-electron chi connectivity index (χ3n) is 8.31. The second-order valence-electron chi connectivity index (χ2n) is 10.7. The summed E-state index contributed by atoms with van der Waals surface area (Å²) in [4.78, 5) is 22.8. The van der Waals surface area contributed by atoms with Crippen LogP contribution in [-0.2, 0) is 16.1 Å². The van der Waals surface area contributed by atoms with E-state index in [9.17, 15) is 4.79 Å². The molecule has 4 aromatic rings. The fraction of sp³-hybridized carbons (Fsp3) is 0.375. The van der Waals surface area contributed by atoms with Crippen LogP contribution in [0, 0.1) is 5.92 Å². The highest BCUT2D eigenvalue weighted by molar-refractivity contribution is 6.30. The zero-order valence-electron chi connectivity index (χ0n) is 22.4. The van der Waals surface area contributed by atoms with Crippen molar-refractivity contribution >= 4 is 23.2 Å². The van der Waals surface area contributed by atoms with Crippen molar-refractivity contribution < 1.29 is 9.53 Å². The molecule has 2 aliphatic rings. The smallest absolute Gasteiger partial charge is 0.225 e. The first-order valence-corrected chi connectivity index (χ1v) is 14.3. The number of nitrogens with zero attached hydrogens (tertiary/aromatic N) is 4. The summed E-state index contributed by atoms with van der Waals surface area (Å²) < 4.78 is 7.80. The Morgan fingerprint density at radius 3 is 2.41 bits per heavy atom. The van der Waals surface area contributed by atoms with Crippen LogP contribution >= 0.6 is 11.6 Å². The van der Waals surface area contributed by atoms with Gasteiger partial charge in [-0.25, -0.2) is 4.98 Å². The Hall–Kier alpha value is -3.19. The van der Waals surface area contributed by atoms with Crippen molar-refractivity contribution in [1.29, 1.82) is 0 Å². The molecule has 2 fully saturated rings. The van der Waals surface area contributed by atoms with E-state index in [-0.39, 0.29) is 12.0 Å². The number of carbonyl (C=O) groups is 1. The maximum absolute atomic E-state index is 13.3. The molecule has 2 aromatic carbocycles. The van der Waals surface area contributed by atoms with Crippen molar-refractivity contribution in [2.24, 2.45) is 5.92 Å². The predicted octanol–water partition coefficient (Wildman–Crippen LogP) is 6.17. The molecule has 39 heavy (non-hydrogen) atoms. The summed E-state index contributed by atoms with van der Waals surface area (Å²) in [6, 6.07) is 22.6. The van der Waals surface area contributed by atoms with E-state index in [0.29, 0.717) is 10.9 Å². The molecule has 202 valence electrons. The monoisotopic (exact) mass is 542 g/mol. The lowest BCUT2D eigenvalue weighted by molar-refractivity contribution is -0.140. The SMILES string of the molecule is CO[C@H]1CCC[C@@H](C(=O)N2CCN(Cc3c(-c4ccc(Cl)cc4)nc4ccc(-c5ccccc5)cn34)CC2)C1. The van der Waals surface area contributed by atoms with Gasteiger partial charge in [-0.1, -0.05) is 60.5 Å². The molecule has 0 N–H and O–H groups in total. The van der Waals surface area contributed by atoms with Crippen molar-refractivity contribution in [1.82, 2.24) is 19.2 Å². The number of hydrogen-bond acceptors (Lipinski definition) is 4. The first-order valence-electron chi connectivity index (χ1n) is 14.0. The van der Waals surface area contributed by atoms with Crippen molar-refractivity contribution in [2.75, 3.05) is 33.3 Å². The number of pyridine rings is 1. The molecule has 7 heteroatoms. The Labute approximate surface area is 235 Å². The molecule has 0 bridgehead atoms.